The van der Waals surface area contributed by atoms with Crippen LogP contribution in [-0.4, -0.2) is 16.9 Å². The number of rotatable bonds is 4. The number of aromatic nitrogens is 1. The van der Waals surface area contributed by atoms with Crippen molar-refractivity contribution in [2.24, 2.45) is 0 Å². The van der Waals surface area contributed by atoms with Crippen LogP contribution in [0.2, 0.25) is 0 Å². The fraction of sp³-hybridized carbons (Fsp3) is 0.231. The Kier molecular flexibility index (Phi) is 4.14. The van der Waals surface area contributed by atoms with E-state index in [2.05, 4.69) is 20.9 Å². The third kappa shape index (κ3) is 3.17. The van der Waals surface area contributed by atoms with Crippen LogP contribution in [0.25, 0.3) is 0 Å². The van der Waals surface area contributed by atoms with E-state index in [1.54, 1.807) is 18.5 Å². The lowest BCUT2D eigenvalue weighted by atomic mass is 10.1. The number of thiophene rings is 1. The second-order valence-electron chi connectivity index (χ2n) is 4.03. The third-order valence-corrected chi connectivity index (χ3v) is 3.83. The molecular weight excluding hydrogens is 314 g/mol. The molecular formula is C13H12BrNO2S. The minimum absolute atomic E-state index is 0.0348. The van der Waals surface area contributed by atoms with Gasteiger partial charge in [-0.05, 0) is 41.9 Å². The topological polar surface area (TPSA) is 39.2 Å². The molecule has 0 fully saturated rings. The van der Waals surface area contributed by atoms with E-state index in [0.717, 1.165) is 4.47 Å². The third-order valence-electron chi connectivity index (χ3n) is 2.14. The maximum Gasteiger partial charge on any atom is 0.204 e. The van der Waals surface area contributed by atoms with Gasteiger partial charge in [-0.15, -0.1) is 11.3 Å². The average Bonchev–Trinajstić information content (AvgIpc) is 2.74. The predicted octanol–water partition coefficient (Wildman–Crippen LogP) is 3.92. The first-order chi connectivity index (χ1) is 8.56. The van der Waals surface area contributed by atoms with Gasteiger partial charge in [0.2, 0.25) is 5.78 Å². The molecule has 94 valence electrons. The zero-order chi connectivity index (χ0) is 13.1. The van der Waals surface area contributed by atoms with Gasteiger partial charge in [-0.2, -0.15) is 0 Å². The molecule has 0 bridgehead atoms. The van der Waals surface area contributed by atoms with Gasteiger partial charge in [-0.25, -0.2) is 0 Å². The monoisotopic (exact) mass is 325 g/mol. The summed E-state index contributed by atoms with van der Waals surface area (Å²) >= 11 is 4.75. The van der Waals surface area contributed by atoms with Crippen LogP contribution in [0.15, 0.2) is 34.4 Å². The van der Waals surface area contributed by atoms with Crippen LogP contribution in [0.4, 0.5) is 0 Å². The summed E-state index contributed by atoms with van der Waals surface area (Å²) < 4.78 is 6.44. The summed E-state index contributed by atoms with van der Waals surface area (Å²) in [5, 5.41) is 1.88. The summed E-state index contributed by atoms with van der Waals surface area (Å²) in [5.41, 5.74) is 0.544. The van der Waals surface area contributed by atoms with Crippen molar-refractivity contribution in [1.82, 2.24) is 4.98 Å². The normalized spacial score (nSPS) is 10.7. The Labute approximate surface area is 118 Å². The number of carbonyl (C=O) groups is 1. The predicted molar refractivity (Wildman–Crippen MR) is 75.5 cm³/mol. The smallest absolute Gasteiger partial charge is 0.204 e. The van der Waals surface area contributed by atoms with E-state index in [1.165, 1.54) is 11.3 Å². The minimum Gasteiger partial charge on any atom is -0.489 e. The minimum atomic E-state index is -0.0348. The summed E-state index contributed by atoms with van der Waals surface area (Å²) in [5.74, 6) is 0.582. The van der Waals surface area contributed by atoms with E-state index in [4.69, 9.17) is 4.74 Å². The van der Waals surface area contributed by atoms with Gasteiger partial charge in [0.1, 0.15) is 5.75 Å². The molecule has 0 aliphatic heterocycles. The number of hydrogen-bond donors (Lipinski definition) is 0. The van der Waals surface area contributed by atoms with Crippen molar-refractivity contribution < 1.29 is 9.53 Å². The molecule has 2 aromatic heterocycles. The summed E-state index contributed by atoms with van der Waals surface area (Å²) in [6, 6.07) is 3.53. The van der Waals surface area contributed by atoms with Crippen LogP contribution in [-0.2, 0) is 0 Å². The molecule has 0 spiro atoms. The highest BCUT2D eigenvalue weighted by molar-refractivity contribution is 9.10. The molecule has 2 rings (SSSR count). The highest BCUT2D eigenvalue weighted by Gasteiger charge is 2.13. The molecule has 0 radical (unpaired) electrons. The van der Waals surface area contributed by atoms with E-state index >= 15 is 0 Å². The molecule has 0 atom stereocenters. The Morgan fingerprint density at radius 2 is 2.17 bits per heavy atom. The molecule has 0 aliphatic carbocycles. The molecule has 18 heavy (non-hydrogen) atoms. The number of pyridine rings is 1. The standard InChI is InChI=1S/C13H12BrNO2S/c1-8(2)17-11-3-9(5-15-6-11)13(16)12-4-10(14)7-18-12/h3-8H,1-2H3. The van der Waals surface area contributed by atoms with Crippen LogP contribution < -0.4 is 4.74 Å². The van der Waals surface area contributed by atoms with E-state index in [1.807, 2.05) is 25.3 Å². The molecule has 0 saturated carbocycles. The molecule has 5 heteroatoms. The van der Waals surface area contributed by atoms with Crippen molar-refractivity contribution >= 4 is 33.0 Å². The number of hydrogen-bond acceptors (Lipinski definition) is 4. The Balaban J connectivity index is 2.25. The van der Waals surface area contributed by atoms with Crippen LogP contribution in [0.3, 0.4) is 0 Å². The van der Waals surface area contributed by atoms with Gasteiger partial charge in [-0.1, -0.05) is 0 Å². The first kappa shape index (κ1) is 13.2. The van der Waals surface area contributed by atoms with Gasteiger partial charge in [-0.3, -0.25) is 9.78 Å². The highest BCUT2D eigenvalue weighted by Crippen LogP contribution is 2.23. The van der Waals surface area contributed by atoms with Gasteiger partial charge in [0, 0.05) is 21.6 Å². The number of ketones is 1. The largest absolute Gasteiger partial charge is 0.489 e. The van der Waals surface area contributed by atoms with Gasteiger partial charge >= 0.3 is 0 Å². The second-order valence-corrected chi connectivity index (χ2v) is 5.86. The lowest BCUT2D eigenvalue weighted by Gasteiger charge is -2.09. The van der Waals surface area contributed by atoms with Crippen molar-refractivity contribution in [3.8, 4) is 5.75 Å². The number of carbonyl (C=O) groups excluding carboxylic acids is 1. The molecule has 3 nitrogen and oxygen atoms in total. The van der Waals surface area contributed by atoms with E-state index in [0.29, 0.717) is 16.2 Å². The van der Waals surface area contributed by atoms with E-state index < -0.39 is 0 Å². The molecule has 0 aliphatic rings. The van der Waals surface area contributed by atoms with Gasteiger partial charge < -0.3 is 4.74 Å². The first-order valence-electron chi connectivity index (χ1n) is 5.46. The molecule has 2 heterocycles. The Hall–Kier alpha value is -1.20. The Bertz CT molecular complexity index is 566. The zero-order valence-corrected chi connectivity index (χ0v) is 12.4. The molecule has 0 saturated heterocycles. The van der Waals surface area contributed by atoms with E-state index in [9.17, 15) is 4.79 Å². The van der Waals surface area contributed by atoms with Crippen LogP contribution in [0.1, 0.15) is 29.1 Å². The summed E-state index contributed by atoms with van der Waals surface area (Å²) in [6.45, 7) is 3.87. The lowest BCUT2D eigenvalue weighted by molar-refractivity contribution is 0.104. The first-order valence-corrected chi connectivity index (χ1v) is 7.14. The number of nitrogens with zero attached hydrogens (tertiary/aromatic N) is 1. The Morgan fingerprint density at radius 1 is 1.39 bits per heavy atom. The molecule has 2 aromatic rings. The second kappa shape index (κ2) is 5.63. The Morgan fingerprint density at radius 3 is 2.78 bits per heavy atom. The maximum atomic E-state index is 12.2. The van der Waals surface area contributed by atoms with Crippen molar-refractivity contribution in [3.63, 3.8) is 0 Å². The summed E-state index contributed by atoms with van der Waals surface area (Å²) in [4.78, 5) is 16.9. The maximum absolute atomic E-state index is 12.2. The van der Waals surface area contributed by atoms with Gasteiger partial charge in [0.15, 0.2) is 0 Å². The summed E-state index contributed by atoms with van der Waals surface area (Å²) in [7, 11) is 0. The van der Waals surface area contributed by atoms with Crippen LogP contribution >= 0.6 is 27.3 Å². The quantitative estimate of drug-likeness (QED) is 0.799. The fourth-order valence-corrected chi connectivity index (χ4v) is 2.84. The summed E-state index contributed by atoms with van der Waals surface area (Å²) in [6.07, 6.45) is 3.23. The molecule has 0 aromatic carbocycles. The number of halogens is 1. The highest BCUT2D eigenvalue weighted by atomic mass is 79.9. The van der Waals surface area contributed by atoms with E-state index in [-0.39, 0.29) is 11.9 Å². The molecule has 0 unspecified atom stereocenters. The van der Waals surface area contributed by atoms with Gasteiger partial charge in [0.05, 0.1) is 17.2 Å². The van der Waals surface area contributed by atoms with Crippen molar-refractivity contribution in [1.29, 1.82) is 0 Å². The van der Waals surface area contributed by atoms with Crippen LogP contribution in [0, 0.1) is 0 Å². The molecule has 0 amide bonds. The lowest BCUT2D eigenvalue weighted by Crippen LogP contribution is -2.07. The zero-order valence-electron chi connectivity index (χ0n) is 10.0. The van der Waals surface area contributed by atoms with Crippen molar-refractivity contribution in [2.75, 3.05) is 0 Å². The SMILES string of the molecule is CC(C)Oc1cncc(C(=O)c2cc(Br)cs2)c1. The molecule has 0 N–H and O–H groups in total. The fourth-order valence-electron chi connectivity index (χ4n) is 1.45. The average molecular weight is 326 g/mol. The van der Waals surface area contributed by atoms with Crippen molar-refractivity contribution in [3.05, 3.63) is 44.8 Å². The van der Waals surface area contributed by atoms with Crippen LogP contribution in [0.5, 0.6) is 5.75 Å². The number of ether oxygens (including phenoxy) is 1. The van der Waals surface area contributed by atoms with Gasteiger partial charge in [0.25, 0.3) is 0 Å². The van der Waals surface area contributed by atoms with Crippen molar-refractivity contribution in [2.45, 2.75) is 20.0 Å².